The lowest BCUT2D eigenvalue weighted by Crippen LogP contribution is -2.34. The van der Waals surface area contributed by atoms with Gasteiger partial charge in [-0.2, -0.15) is 5.10 Å². The van der Waals surface area contributed by atoms with Crippen molar-refractivity contribution in [2.24, 2.45) is 0 Å². The molecule has 2 aliphatic rings. The van der Waals surface area contributed by atoms with Gasteiger partial charge in [-0.05, 0) is 19.4 Å². The van der Waals surface area contributed by atoms with Crippen molar-refractivity contribution in [1.29, 1.82) is 0 Å². The second kappa shape index (κ2) is 6.01. The van der Waals surface area contributed by atoms with Crippen LogP contribution in [0.2, 0.25) is 0 Å². The number of H-pyrrole nitrogens is 1. The Morgan fingerprint density at radius 1 is 1.26 bits per heavy atom. The van der Waals surface area contributed by atoms with Gasteiger partial charge < -0.3 is 10.1 Å². The van der Waals surface area contributed by atoms with E-state index in [2.05, 4.69) is 22.4 Å². The first-order chi connectivity index (χ1) is 9.38. The Bertz CT molecular complexity index is 400. The zero-order valence-electron chi connectivity index (χ0n) is 11.7. The maximum atomic E-state index is 5.58. The van der Waals surface area contributed by atoms with Gasteiger partial charge in [0.25, 0.3) is 0 Å². The van der Waals surface area contributed by atoms with Crippen molar-refractivity contribution in [2.45, 2.75) is 56.9 Å². The summed E-state index contributed by atoms with van der Waals surface area (Å²) in [6.45, 7) is 4.62. The van der Waals surface area contributed by atoms with Crippen LogP contribution in [-0.4, -0.2) is 41.0 Å². The summed E-state index contributed by atoms with van der Waals surface area (Å²) in [5, 5.41) is 11.1. The van der Waals surface area contributed by atoms with Gasteiger partial charge in [0.1, 0.15) is 5.82 Å². The zero-order chi connectivity index (χ0) is 13.1. The van der Waals surface area contributed by atoms with Crippen molar-refractivity contribution in [3.8, 4) is 0 Å². The Balaban J connectivity index is 1.69. The molecule has 0 radical (unpaired) electrons. The van der Waals surface area contributed by atoms with Crippen LogP contribution in [0.4, 0.5) is 0 Å². The van der Waals surface area contributed by atoms with Crippen LogP contribution in [0.15, 0.2) is 0 Å². The molecule has 3 rings (SSSR count). The molecule has 1 aromatic heterocycles. The Hall–Kier alpha value is -0.940. The van der Waals surface area contributed by atoms with Gasteiger partial charge in [0.05, 0.1) is 19.1 Å². The van der Waals surface area contributed by atoms with E-state index in [1.54, 1.807) is 0 Å². The molecule has 2 N–H and O–H groups in total. The fourth-order valence-corrected chi connectivity index (χ4v) is 3.28. The van der Waals surface area contributed by atoms with Crippen molar-refractivity contribution in [3.05, 3.63) is 11.6 Å². The summed E-state index contributed by atoms with van der Waals surface area (Å²) in [5.74, 6) is 2.92. The summed E-state index contributed by atoms with van der Waals surface area (Å²) in [4.78, 5) is 4.76. The number of rotatable bonds is 4. The molecule has 2 unspecified atom stereocenters. The minimum atomic E-state index is 0.324. The van der Waals surface area contributed by atoms with Crippen molar-refractivity contribution >= 4 is 0 Å². The normalized spacial score (nSPS) is 28.9. The first-order valence-corrected chi connectivity index (χ1v) is 7.61. The molecule has 5 heteroatoms. The number of aromatic nitrogens is 3. The zero-order valence-corrected chi connectivity index (χ0v) is 11.7. The van der Waals surface area contributed by atoms with Crippen LogP contribution in [0.5, 0.6) is 0 Å². The monoisotopic (exact) mass is 264 g/mol. The highest BCUT2D eigenvalue weighted by Crippen LogP contribution is 2.31. The Kier molecular flexibility index (Phi) is 4.13. The van der Waals surface area contributed by atoms with E-state index in [0.29, 0.717) is 17.9 Å². The molecule has 2 heterocycles. The predicted molar refractivity (Wildman–Crippen MR) is 73.2 cm³/mol. The van der Waals surface area contributed by atoms with E-state index in [4.69, 9.17) is 9.72 Å². The van der Waals surface area contributed by atoms with Gasteiger partial charge in [-0.15, -0.1) is 0 Å². The summed E-state index contributed by atoms with van der Waals surface area (Å²) < 4.78 is 5.58. The number of likely N-dealkylation sites (N-methyl/N-ethyl adjacent to an activating group) is 1. The van der Waals surface area contributed by atoms with E-state index in [0.717, 1.165) is 31.4 Å². The number of hydrogen-bond acceptors (Lipinski definition) is 4. The average molecular weight is 264 g/mol. The molecular formula is C14H24N4O. The van der Waals surface area contributed by atoms with Gasteiger partial charge in [0.15, 0.2) is 5.82 Å². The van der Waals surface area contributed by atoms with Crippen molar-refractivity contribution < 1.29 is 4.74 Å². The lowest BCUT2D eigenvalue weighted by molar-refractivity contribution is 0.187. The minimum Gasteiger partial charge on any atom is -0.379 e. The molecule has 0 amide bonds. The minimum absolute atomic E-state index is 0.324. The molecule has 0 spiro atoms. The first kappa shape index (κ1) is 13.1. The largest absolute Gasteiger partial charge is 0.379 e. The average Bonchev–Trinajstić information content (AvgIpc) is 3.08. The summed E-state index contributed by atoms with van der Waals surface area (Å²) >= 11 is 0. The van der Waals surface area contributed by atoms with Crippen molar-refractivity contribution in [2.75, 3.05) is 19.8 Å². The van der Waals surface area contributed by atoms with Crippen LogP contribution < -0.4 is 5.32 Å². The number of nitrogens with one attached hydrogen (secondary N) is 2. The van der Waals surface area contributed by atoms with E-state index in [1.807, 2.05) is 0 Å². The van der Waals surface area contributed by atoms with E-state index in [1.165, 1.54) is 32.1 Å². The third kappa shape index (κ3) is 2.82. The highest BCUT2D eigenvalue weighted by atomic mass is 16.5. The van der Waals surface area contributed by atoms with Gasteiger partial charge in [0, 0.05) is 12.0 Å². The molecular weight excluding hydrogens is 240 g/mol. The van der Waals surface area contributed by atoms with Crippen LogP contribution in [0, 0.1) is 0 Å². The van der Waals surface area contributed by atoms with Crippen LogP contribution in [-0.2, 0) is 4.74 Å². The van der Waals surface area contributed by atoms with Crippen LogP contribution >= 0.6 is 0 Å². The molecule has 19 heavy (non-hydrogen) atoms. The summed E-state index contributed by atoms with van der Waals surface area (Å²) in [5.41, 5.74) is 0. The quantitative estimate of drug-likeness (QED) is 0.872. The van der Waals surface area contributed by atoms with E-state index in [9.17, 15) is 0 Å². The first-order valence-electron chi connectivity index (χ1n) is 7.61. The molecule has 5 nitrogen and oxygen atoms in total. The maximum Gasteiger partial charge on any atom is 0.153 e. The molecule has 1 aliphatic heterocycles. The van der Waals surface area contributed by atoms with Crippen molar-refractivity contribution in [1.82, 2.24) is 20.5 Å². The topological polar surface area (TPSA) is 62.8 Å². The van der Waals surface area contributed by atoms with Gasteiger partial charge >= 0.3 is 0 Å². The summed E-state index contributed by atoms with van der Waals surface area (Å²) in [6.07, 6.45) is 6.50. The molecule has 106 valence electrons. The Morgan fingerprint density at radius 3 is 2.89 bits per heavy atom. The van der Waals surface area contributed by atoms with Gasteiger partial charge in [-0.3, -0.25) is 5.10 Å². The molecule has 0 bridgehead atoms. The van der Waals surface area contributed by atoms with Gasteiger partial charge in [-0.1, -0.05) is 26.2 Å². The lowest BCUT2D eigenvalue weighted by atomic mass is 9.89. The lowest BCUT2D eigenvalue weighted by Gasteiger charge is -2.18. The molecule has 0 aromatic carbocycles. The predicted octanol–water partition coefficient (Wildman–Crippen LogP) is 1.94. The SMILES string of the molecule is CCNC1COCC1c1nc(C2CCCCC2)n[nH]1. The molecule has 1 saturated heterocycles. The second-order valence-corrected chi connectivity index (χ2v) is 5.72. The number of ether oxygens (including phenoxy) is 1. The Morgan fingerprint density at radius 2 is 2.11 bits per heavy atom. The Labute approximate surface area is 114 Å². The highest BCUT2D eigenvalue weighted by Gasteiger charge is 2.32. The van der Waals surface area contributed by atoms with Crippen LogP contribution in [0.3, 0.4) is 0 Å². The van der Waals surface area contributed by atoms with Crippen LogP contribution in [0.1, 0.15) is 62.5 Å². The molecule has 2 atom stereocenters. The molecule has 1 aliphatic carbocycles. The second-order valence-electron chi connectivity index (χ2n) is 5.72. The van der Waals surface area contributed by atoms with Gasteiger partial charge in [0.2, 0.25) is 0 Å². The van der Waals surface area contributed by atoms with E-state index >= 15 is 0 Å². The molecule has 1 aromatic rings. The summed E-state index contributed by atoms with van der Waals surface area (Å²) in [6, 6.07) is 0.372. The highest BCUT2D eigenvalue weighted by molar-refractivity contribution is 5.07. The fourth-order valence-electron chi connectivity index (χ4n) is 3.28. The molecule has 2 fully saturated rings. The van der Waals surface area contributed by atoms with Gasteiger partial charge in [-0.25, -0.2) is 4.98 Å². The molecule has 1 saturated carbocycles. The third-order valence-electron chi connectivity index (χ3n) is 4.39. The third-order valence-corrected chi connectivity index (χ3v) is 4.39. The number of aromatic amines is 1. The summed E-state index contributed by atoms with van der Waals surface area (Å²) in [7, 11) is 0. The van der Waals surface area contributed by atoms with Crippen molar-refractivity contribution in [3.63, 3.8) is 0 Å². The van der Waals surface area contributed by atoms with E-state index in [-0.39, 0.29) is 0 Å². The number of hydrogen-bond donors (Lipinski definition) is 2. The maximum absolute atomic E-state index is 5.58. The smallest absolute Gasteiger partial charge is 0.153 e. The van der Waals surface area contributed by atoms with Crippen LogP contribution in [0.25, 0.3) is 0 Å². The van der Waals surface area contributed by atoms with E-state index < -0.39 is 0 Å². The fraction of sp³-hybridized carbons (Fsp3) is 0.857. The standard InChI is InChI=1S/C14H24N4O/c1-2-15-12-9-19-8-11(12)14-16-13(17-18-14)10-6-4-3-5-7-10/h10-12,15H,2-9H2,1H3,(H,16,17,18). The number of nitrogens with zero attached hydrogens (tertiary/aromatic N) is 2.